The number of carbonyl (C=O) groups is 3. The number of allylic oxidation sites excluding steroid dienone is 1. The number of benzene rings is 1. The summed E-state index contributed by atoms with van der Waals surface area (Å²) in [5.41, 5.74) is 0.665. The number of anilines is 1. The predicted molar refractivity (Wildman–Crippen MR) is 163 cm³/mol. The number of hydrogen-bond acceptors (Lipinski definition) is 7. The van der Waals surface area contributed by atoms with E-state index in [0.717, 1.165) is 36.8 Å². The van der Waals surface area contributed by atoms with Crippen LogP contribution >= 0.6 is 0 Å². The average Bonchev–Trinajstić information content (AvgIpc) is 2.91. The Kier molecular flexibility index (Phi) is 11.1. The van der Waals surface area contributed by atoms with E-state index in [9.17, 15) is 14.4 Å². The van der Waals surface area contributed by atoms with Crippen LogP contribution in [-0.4, -0.2) is 53.5 Å². The Morgan fingerprint density at radius 2 is 1.60 bits per heavy atom. The van der Waals surface area contributed by atoms with Gasteiger partial charge in [-0.15, -0.1) is 0 Å². The Morgan fingerprint density at radius 1 is 0.952 bits per heavy atom. The summed E-state index contributed by atoms with van der Waals surface area (Å²) in [5, 5.41) is 2.61. The Hall–Kier alpha value is -3.88. The largest absolute Gasteiger partial charge is 0.467 e. The van der Waals surface area contributed by atoms with Gasteiger partial charge in [-0.1, -0.05) is 42.5 Å². The molecule has 0 unspecified atom stereocenters. The van der Waals surface area contributed by atoms with E-state index in [1.807, 2.05) is 63.2 Å². The fraction of sp³-hybridized carbons (Fsp3) is 0.515. The van der Waals surface area contributed by atoms with Gasteiger partial charge in [-0.3, -0.25) is 4.90 Å². The Balaban J connectivity index is 1.58. The summed E-state index contributed by atoms with van der Waals surface area (Å²) in [6, 6.07) is 12.6. The van der Waals surface area contributed by atoms with Crippen LogP contribution in [0.5, 0.6) is 0 Å². The first-order valence-electron chi connectivity index (χ1n) is 14.5. The lowest BCUT2D eigenvalue weighted by Crippen LogP contribution is -2.45. The summed E-state index contributed by atoms with van der Waals surface area (Å²) in [6.07, 6.45) is 8.88. The molecule has 0 aliphatic heterocycles. The number of carbonyl (C=O) groups excluding carboxylic acids is 3. The minimum atomic E-state index is -0.854. The van der Waals surface area contributed by atoms with Crippen molar-refractivity contribution >= 4 is 30.0 Å². The zero-order valence-corrected chi connectivity index (χ0v) is 25.9. The Labute approximate surface area is 249 Å². The highest BCUT2D eigenvalue weighted by molar-refractivity contribution is 5.87. The average molecular weight is 580 g/mol. The number of nitrogens with zero attached hydrogens (tertiary/aromatic N) is 2. The fourth-order valence-corrected chi connectivity index (χ4v) is 4.82. The van der Waals surface area contributed by atoms with Crippen LogP contribution in [0, 0.1) is 5.92 Å². The number of esters is 1. The maximum absolute atomic E-state index is 13.1. The van der Waals surface area contributed by atoms with E-state index in [1.165, 1.54) is 7.11 Å². The van der Waals surface area contributed by atoms with Crippen LogP contribution < -0.4 is 10.2 Å². The molecule has 9 nitrogen and oxygen atoms in total. The van der Waals surface area contributed by atoms with Gasteiger partial charge in [0, 0.05) is 18.7 Å². The molecular formula is C33H45N3O6. The summed E-state index contributed by atoms with van der Waals surface area (Å²) in [4.78, 5) is 43.7. The van der Waals surface area contributed by atoms with Crippen LogP contribution in [0.15, 0.2) is 54.7 Å². The quantitative estimate of drug-likeness (QED) is 0.274. The minimum absolute atomic E-state index is 0.0238. The number of nitrogens with one attached hydrogen (secondary N) is 1. The molecule has 228 valence electrons. The minimum Gasteiger partial charge on any atom is -0.467 e. The third kappa shape index (κ3) is 10.5. The van der Waals surface area contributed by atoms with Gasteiger partial charge in [0.25, 0.3) is 0 Å². The van der Waals surface area contributed by atoms with Gasteiger partial charge in [-0.05, 0) is 96.4 Å². The second-order valence-corrected chi connectivity index (χ2v) is 12.6. The van der Waals surface area contributed by atoms with Gasteiger partial charge in [-0.25, -0.2) is 19.4 Å². The highest BCUT2D eigenvalue weighted by Gasteiger charge is 2.33. The van der Waals surface area contributed by atoms with Crippen LogP contribution in [0.2, 0.25) is 0 Å². The number of alkyl carbamates (subject to hydrolysis) is 1. The summed E-state index contributed by atoms with van der Waals surface area (Å²) in [7, 11) is 1.29. The normalized spacial score (nSPS) is 18.2. The summed E-state index contributed by atoms with van der Waals surface area (Å²) in [6.45, 7) is 10.9. The van der Waals surface area contributed by atoms with Crippen molar-refractivity contribution in [2.24, 2.45) is 5.92 Å². The fourth-order valence-electron chi connectivity index (χ4n) is 4.82. The molecule has 1 heterocycles. The Morgan fingerprint density at radius 3 is 2.14 bits per heavy atom. The molecule has 2 aromatic rings. The van der Waals surface area contributed by atoms with Gasteiger partial charge >= 0.3 is 18.2 Å². The molecule has 1 aromatic carbocycles. The number of methoxy groups -OCH3 is 1. The molecule has 3 rings (SSSR count). The highest BCUT2D eigenvalue weighted by atomic mass is 16.6. The van der Waals surface area contributed by atoms with Gasteiger partial charge in [-0.2, -0.15) is 0 Å². The molecule has 1 aliphatic rings. The monoisotopic (exact) mass is 579 g/mol. The van der Waals surface area contributed by atoms with Gasteiger partial charge < -0.3 is 19.5 Å². The number of rotatable bonds is 8. The number of aromatic nitrogens is 1. The highest BCUT2D eigenvalue weighted by Crippen LogP contribution is 2.32. The second kappa shape index (κ2) is 14.3. The maximum atomic E-state index is 13.1. The number of hydrogen-bond donors (Lipinski definition) is 1. The van der Waals surface area contributed by atoms with Crippen LogP contribution in [0.1, 0.15) is 78.4 Å². The van der Waals surface area contributed by atoms with Gasteiger partial charge in [0.2, 0.25) is 0 Å². The van der Waals surface area contributed by atoms with Gasteiger partial charge in [0.1, 0.15) is 23.1 Å². The molecule has 0 spiro atoms. The van der Waals surface area contributed by atoms with Crippen LogP contribution in [0.3, 0.4) is 0 Å². The molecule has 0 bridgehead atoms. The Bertz CT molecular complexity index is 1210. The topological polar surface area (TPSA) is 107 Å². The van der Waals surface area contributed by atoms with Crippen molar-refractivity contribution in [3.05, 3.63) is 65.9 Å². The molecule has 42 heavy (non-hydrogen) atoms. The third-order valence-electron chi connectivity index (χ3n) is 6.75. The summed E-state index contributed by atoms with van der Waals surface area (Å²) in [5.74, 6) is 0.474. The molecular weight excluding hydrogens is 534 g/mol. The lowest BCUT2D eigenvalue weighted by atomic mass is 9.85. The number of amides is 2. The van der Waals surface area contributed by atoms with Gasteiger partial charge in [0.05, 0.1) is 7.11 Å². The molecule has 1 aromatic heterocycles. The second-order valence-electron chi connectivity index (χ2n) is 12.6. The van der Waals surface area contributed by atoms with Crippen molar-refractivity contribution in [1.82, 2.24) is 10.3 Å². The maximum Gasteiger partial charge on any atom is 0.416 e. The van der Waals surface area contributed by atoms with E-state index in [4.69, 9.17) is 14.2 Å². The predicted octanol–water partition coefficient (Wildman–Crippen LogP) is 6.70. The lowest BCUT2D eigenvalue weighted by Gasteiger charge is -2.36. The molecule has 0 radical (unpaired) electrons. The molecule has 1 N–H and O–H groups in total. The van der Waals surface area contributed by atoms with Crippen LogP contribution in [0.4, 0.5) is 15.4 Å². The lowest BCUT2D eigenvalue weighted by molar-refractivity contribution is -0.143. The number of ether oxygens (including phenoxy) is 3. The molecule has 2 amide bonds. The summed E-state index contributed by atoms with van der Waals surface area (Å²) >= 11 is 0. The van der Waals surface area contributed by atoms with E-state index in [0.29, 0.717) is 11.7 Å². The van der Waals surface area contributed by atoms with E-state index >= 15 is 0 Å². The zero-order valence-electron chi connectivity index (χ0n) is 25.9. The van der Waals surface area contributed by atoms with Crippen molar-refractivity contribution < 1.29 is 28.6 Å². The molecule has 9 heteroatoms. The van der Waals surface area contributed by atoms with Gasteiger partial charge in [0.15, 0.2) is 0 Å². The van der Waals surface area contributed by atoms with E-state index < -0.39 is 29.3 Å². The SMILES string of the molecule is COC(=O)[C@H](Cc1ccc(/C=C/C2CCC(N(C(=O)OC(C)(C)C)c3ccccn3)CC2)cc1)NC(=O)OC(C)(C)C. The molecule has 0 saturated heterocycles. The first kappa shape index (κ1) is 32.6. The van der Waals surface area contributed by atoms with Crippen molar-refractivity contribution in [1.29, 1.82) is 0 Å². The molecule has 1 saturated carbocycles. The summed E-state index contributed by atoms with van der Waals surface area (Å²) < 4.78 is 15.9. The first-order chi connectivity index (χ1) is 19.7. The zero-order chi connectivity index (χ0) is 30.9. The first-order valence-corrected chi connectivity index (χ1v) is 14.5. The standard InChI is InChI=1S/C33H45N3O6/c1-32(2,3)41-30(38)35-27(29(37)40-7)22-25-15-13-23(14-16-25)11-12-24-17-19-26(20-18-24)36(28-10-8-9-21-34-28)31(39)42-33(4,5)6/h8-16,21,24,26-27H,17-20,22H2,1-7H3,(H,35,38)/b12-11+/t24?,26?,27-/m0/s1. The van der Waals surface area contributed by atoms with E-state index in [2.05, 4.69) is 22.5 Å². The molecule has 1 fully saturated rings. The van der Waals surface area contributed by atoms with E-state index in [-0.39, 0.29) is 18.6 Å². The third-order valence-corrected chi connectivity index (χ3v) is 6.75. The number of pyridine rings is 1. The van der Waals surface area contributed by atoms with Crippen molar-refractivity contribution in [2.75, 3.05) is 12.0 Å². The molecule has 1 aliphatic carbocycles. The van der Waals surface area contributed by atoms with Crippen LogP contribution in [-0.2, 0) is 25.4 Å². The smallest absolute Gasteiger partial charge is 0.416 e. The van der Waals surface area contributed by atoms with Crippen LogP contribution in [0.25, 0.3) is 6.08 Å². The van der Waals surface area contributed by atoms with Crippen molar-refractivity contribution in [2.45, 2.75) is 96.9 Å². The van der Waals surface area contributed by atoms with E-state index in [1.54, 1.807) is 31.9 Å². The van der Waals surface area contributed by atoms with Crippen molar-refractivity contribution in [3.63, 3.8) is 0 Å². The van der Waals surface area contributed by atoms with Crippen molar-refractivity contribution in [3.8, 4) is 0 Å². The molecule has 1 atom stereocenters.